The third-order valence-electron chi connectivity index (χ3n) is 3.90. The maximum atomic E-state index is 13.0. The Hall–Kier alpha value is -2.92. The first kappa shape index (κ1) is 16.9. The molecular formula is C20H18N2O2S. The van der Waals surface area contributed by atoms with Gasteiger partial charge in [0.15, 0.2) is 0 Å². The van der Waals surface area contributed by atoms with E-state index in [1.807, 2.05) is 60.7 Å². The van der Waals surface area contributed by atoms with Gasteiger partial charge in [-0.05, 0) is 22.6 Å². The van der Waals surface area contributed by atoms with Crippen molar-refractivity contribution in [3.8, 4) is 0 Å². The van der Waals surface area contributed by atoms with Crippen LogP contribution >= 0.6 is 11.3 Å². The molecule has 2 N–H and O–H groups in total. The fourth-order valence-corrected chi connectivity index (χ4v) is 3.48. The van der Waals surface area contributed by atoms with E-state index in [9.17, 15) is 9.59 Å². The Kier molecular flexibility index (Phi) is 5.26. The van der Waals surface area contributed by atoms with Crippen LogP contribution in [-0.4, -0.2) is 18.9 Å². The molecule has 2 aromatic carbocycles. The molecule has 2 amide bonds. The van der Waals surface area contributed by atoms with Gasteiger partial charge in [-0.1, -0.05) is 60.7 Å². The Morgan fingerprint density at radius 3 is 1.96 bits per heavy atom. The Balaban J connectivity index is 1.93. The number of nitrogens with one attached hydrogen (secondary N) is 2. The lowest BCUT2D eigenvalue weighted by atomic mass is 9.90. The molecular weight excluding hydrogens is 332 g/mol. The highest BCUT2D eigenvalue weighted by molar-refractivity contribution is 7.14. The molecule has 0 unspecified atom stereocenters. The summed E-state index contributed by atoms with van der Waals surface area (Å²) in [4.78, 5) is 25.0. The number of amides is 2. The summed E-state index contributed by atoms with van der Waals surface area (Å²) in [5.41, 5.74) is 2.29. The third-order valence-corrected chi connectivity index (χ3v) is 4.73. The van der Waals surface area contributed by atoms with Gasteiger partial charge in [-0.25, -0.2) is 0 Å². The molecule has 0 saturated carbocycles. The van der Waals surface area contributed by atoms with Crippen LogP contribution in [0.3, 0.4) is 0 Å². The Morgan fingerprint density at radius 2 is 1.44 bits per heavy atom. The average Bonchev–Trinajstić information content (AvgIpc) is 3.11. The minimum Gasteiger partial charge on any atom is -0.355 e. The van der Waals surface area contributed by atoms with Crippen molar-refractivity contribution in [2.45, 2.75) is 5.92 Å². The second-order valence-electron chi connectivity index (χ2n) is 5.49. The van der Waals surface area contributed by atoms with E-state index in [2.05, 4.69) is 10.6 Å². The van der Waals surface area contributed by atoms with Crippen molar-refractivity contribution < 1.29 is 9.59 Å². The molecule has 1 heterocycles. The first-order chi connectivity index (χ1) is 12.2. The van der Waals surface area contributed by atoms with Crippen LogP contribution in [0.1, 0.15) is 27.4 Å². The van der Waals surface area contributed by atoms with Crippen molar-refractivity contribution in [3.63, 3.8) is 0 Å². The van der Waals surface area contributed by atoms with Crippen LogP contribution in [-0.2, 0) is 4.79 Å². The molecule has 0 aliphatic carbocycles. The third kappa shape index (κ3) is 3.78. The second-order valence-corrected chi connectivity index (χ2v) is 6.40. The highest BCUT2D eigenvalue weighted by atomic mass is 32.1. The zero-order valence-corrected chi connectivity index (χ0v) is 14.5. The molecule has 0 saturated heterocycles. The van der Waals surface area contributed by atoms with E-state index < -0.39 is 5.92 Å². The zero-order chi connectivity index (χ0) is 17.6. The van der Waals surface area contributed by atoms with E-state index in [1.54, 1.807) is 18.5 Å². The van der Waals surface area contributed by atoms with Crippen molar-refractivity contribution in [2.75, 3.05) is 12.4 Å². The number of thiophene rings is 1. The number of anilines is 1. The number of hydrogen-bond acceptors (Lipinski definition) is 3. The normalized spacial score (nSPS) is 10.5. The summed E-state index contributed by atoms with van der Waals surface area (Å²) >= 11 is 1.34. The summed E-state index contributed by atoms with van der Waals surface area (Å²) in [7, 11) is 1.57. The Bertz CT molecular complexity index is 820. The van der Waals surface area contributed by atoms with Crippen LogP contribution in [0.15, 0.2) is 72.1 Å². The molecule has 3 aromatic rings. The molecule has 0 fully saturated rings. The smallest absolute Gasteiger partial charge is 0.254 e. The second kappa shape index (κ2) is 7.77. The maximum Gasteiger partial charge on any atom is 0.254 e. The molecule has 0 aliphatic rings. The van der Waals surface area contributed by atoms with E-state index in [0.29, 0.717) is 10.6 Å². The molecule has 0 spiro atoms. The van der Waals surface area contributed by atoms with Gasteiger partial charge in [0.25, 0.3) is 5.91 Å². The fourth-order valence-electron chi connectivity index (χ4n) is 2.69. The van der Waals surface area contributed by atoms with Crippen molar-refractivity contribution in [1.82, 2.24) is 5.32 Å². The van der Waals surface area contributed by atoms with E-state index >= 15 is 0 Å². The lowest BCUT2D eigenvalue weighted by Gasteiger charge is -2.18. The van der Waals surface area contributed by atoms with Crippen LogP contribution in [0.4, 0.5) is 5.00 Å². The highest BCUT2D eigenvalue weighted by Gasteiger charge is 2.24. The first-order valence-corrected chi connectivity index (χ1v) is 8.79. The van der Waals surface area contributed by atoms with Gasteiger partial charge in [-0.2, -0.15) is 0 Å². The predicted octanol–water partition coefficient (Wildman–Crippen LogP) is 3.88. The van der Waals surface area contributed by atoms with Crippen molar-refractivity contribution >= 4 is 28.2 Å². The Morgan fingerprint density at radius 1 is 0.880 bits per heavy atom. The zero-order valence-electron chi connectivity index (χ0n) is 13.7. The summed E-state index contributed by atoms with van der Waals surface area (Å²) < 4.78 is 0. The quantitative estimate of drug-likeness (QED) is 0.734. The lowest BCUT2D eigenvalue weighted by Crippen LogP contribution is -2.24. The van der Waals surface area contributed by atoms with E-state index in [0.717, 1.165) is 11.1 Å². The topological polar surface area (TPSA) is 58.2 Å². The van der Waals surface area contributed by atoms with E-state index in [-0.39, 0.29) is 11.8 Å². The number of carbonyl (C=O) groups excluding carboxylic acids is 2. The summed E-state index contributed by atoms with van der Waals surface area (Å²) in [6.07, 6.45) is 0. The van der Waals surface area contributed by atoms with Crippen LogP contribution < -0.4 is 10.6 Å². The SMILES string of the molecule is CNC(=O)c1ccsc1NC(=O)C(c1ccccc1)c1ccccc1. The standard InChI is InChI=1S/C20H18N2O2S/c1-21-18(23)16-12-13-25-20(16)22-19(24)17(14-8-4-2-5-9-14)15-10-6-3-7-11-15/h2-13,17H,1H3,(H,21,23)(H,22,24). The number of hydrogen-bond donors (Lipinski definition) is 2. The van der Waals surface area contributed by atoms with Gasteiger partial charge in [0.2, 0.25) is 5.91 Å². The summed E-state index contributed by atoms with van der Waals surface area (Å²) in [5, 5.41) is 7.86. The molecule has 0 bridgehead atoms. The molecule has 25 heavy (non-hydrogen) atoms. The summed E-state index contributed by atoms with van der Waals surface area (Å²) in [6.45, 7) is 0. The number of carbonyl (C=O) groups is 2. The number of benzene rings is 2. The van der Waals surface area contributed by atoms with Crippen molar-refractivity contribution in [1.29, 1.82) is 0 Å². The fraction of sp³-hybridized carbons (Fsp3) is 0.100. The van der Waals surface area contributed by atoms with Gasteiger partial charge in [0.05, 0.1) is 11.5 Å². The first-order valence-electron chi connectivity index (χ1n) is 7.91. The van der Waals surface area contributed by atoms with Gasteiger partial charge in [0.1, 0.15) is 5.00 Å². The molecule has 4 nitrogen and oxygen atoms in total. The summed E-state index contributed by atoms with van der Waals surface area (Å²) in [6, 6.07) is 21.0. The van der Waals surface area contributed by atoms with Crippen LogP contribution in [0.25, 0.3) is 0 Å². The van der Waals surface area contributed by atoms with Gasteiger partial charge < -0.3 is 10.6 Å². The highest BCUT2D eigenvalue weighted by Crippen LogP contribution is 2.29. The Labute approximate surface area is 150 Å². The molecule has 126 valence electrons. The average molecular weight is 350 g/mol. The van der Waals surface area contributed by atoms with E-state index in [4.69, 9.17) is 0 Å². The largest absolute Gasteiger partial charge is 0.355 e. The molecule has 0 aliphatic heterocycles. The van der Waals surface area contributed by atoms with Gasteiger partial charge in [-0.15, -0.1) is 11.3 Å². The van der Waals surface area contributed by atoms with Gasteiger partial charge >= 0.3 is 0 Å². The molecule has 3 rings (SSSR count). The summed E-state index contributed by atoms with van der Waals surface area (Å²) in [5.74, 6) is -0.820. The predicted molar refractivity (Wildman–Crippen MR) is 101 cm³/mol. The lowest BCUT2D eigenvalue weighted by molar-refractivity contribution is -0.116. The molecule has 0 radical (unpaired) electrons. The molecule has 5 heteroatoms. The van der Waals surface area contributed by atoms with Crippen molar-refractivity contribution in [2.24, 2.45) is 0 Å². The molecule has 1 aromatic heterocycles. The minimum absolute atomic E-state index is 0.162. The minimum atomic E-state index is -0.443. The van der Waals surface area contributed by atoms with Crippen molar-refractivity contribution in [3.05, 3.63) is 88.8 Å². The van der Waals surface area contributed by atoms with Crippen LogP contribution in [0.5, 0.6) is 0 Å². The van der Waals surface area contributed by atoms with Gasteiger partial charge in [0, 0.05) is 7.05 Å². The number of rotatable bonds is 5. The molecule has 0 atom stereocenters. The van der Waals surface area contributed by atoms with E-state index in [1.165, 1.54) is 11.3 Å². The monoisotopic (exact) mass is 350 g/mol. The van der Waals surface area contributed by atoms with Crippen LogP contribution in [0, 0.1) is 0 Å². The maximum absolute atomic E-state index is 13.0. The van der Waals surface area contributed by atoms with Crippen LogP contribution in [0.2, 0.25) is 0 Å². The van der Waals surface area contributed by atoms with Gasteiger partial charge in [-0.3, -0.25) is 9.59 Å².